The van der Waals surface area contributed by atoms with E-state index in [2.05, 4.69) is 13.8 Å². The fraction of sp³-hybridized carbons (Fsp3) is 0.929. The van der Waals surface area contributed by atoms with Gasteiger partial charge in [0.05, 0.1) is 0 Å². The summed E-state index contributed by atoms with van der Waals surface area (Å²) >= 11 is 0. The highest BCUT2D eigenvalue weighted by atomic mass is 14.6. The van der Waals surface area contributed by atoms with Gasteiger partial charge in [0.25, 0.3) is 0 Å². The molecule has 4 rings (SSSR count). The molecule has 0 heterocycles. The minimum atomic E-state index is 0.674. The van der Waals surface area contributed by atoms with Crippen molar-refractivity contribution in [3.8, 4) is 0 Å². The quantitative estimate of drug-likeness (QED) is 0.617. The van der Waals surface area contributed by atoms with E-state index in [4.69, 9.17) is 0 Å². The summed E-state index contributed by atoms with van der Waals surface area (Å²) in [6.45, 7) is 6.68. The van der Waals surface area contributed by atoms with Crippen molar-refractivity contribution in [2.24, 2.45) is 29.1 Å². The molecule has 4 aliphatic carbocycles. The third kappa shape index (κ3) is 1.01. The molecule has 0 saturated heterocycles. The summed E-state index contributed by atoms with van der Waals surface area (Å²) < 4.78 is 0. The molecule has 0 atom stereocenters. The molecule has 0 heteroatoms. The van der Waals surface area contributed by atoms with Crippen molar-refractivity contribution in [2.75, 3.05) is 0 Å². The molecule has 79 valence electrons. The van der Waals surface area contributed by atoms with E-state index in [1.807, 2.05) is 0 Å². The number of hydrogen-bond acceptors (Lipinski definition) is 0. The van der Waals surface area contributed by atoms with Crippen molar-refractivity contribution in [1.82, 2.24) is 0 Å². The zero-order chi connectivity index (χ0) is 9.76. The van der Waals surface area contributed by atoms with Crippen molar-refractivity contribution >= 4 is 0 Å². The first-order chi connectivity index (χ1) is 6.78. The third-order valence-corrected chi connectivity index (χ3v) is 5.89. The Morgan fingerprint density at radius 3 is 1.86 bits per heavy atom. The minimum absolute atomic E-state index is 0.674. The van der Waals surface area contributed by atoms with Gasteiger partial charge in [-0.3, -0.25) is 0 Å². The first-order valence-electron chi connectivity index (χ1n) is 6.57. The Morgan fingerprint density at radius 1 is 1.00 bits per heavy atom. The van der Waals surface area contributed by atoms with Gasteiger partial charge in [-0.15, -0.1) is 0 Å². The van der Waals surface area contributed by atoms with Crippen LogP contribution < -0.4 is 0 Å². The molecule has 0 spiro atoms. The van der Waals surface area contributed by atoms with Crippen LogP contribution in [0.25, 0.3) is 0 Å². The van der Waals surface area contributed by atoms with Crippen LogP contribution in [0.5, 0.6) is 0 Å². The molecule has 0 amide bonds. The molecular formula is C14H23. The fourth-order valence-electron chi connectivity index (χ4n) is 5.29. The molecule has 4 bridgehead atoms. The summed E-state index contributed by atoms with van der Waals surface area (Å²) in [7, 11) is 0. The van der Waals surface area contributed by atoms with Gasteiger partial charge in [0.2, 0.25) is 0 Å². The normalized spacial score (nSPS) is 48.4. The van der Waals surface area contributed by atoms with E-state index < -0.39 is 0 Å². The van der Waals surface area contributed by atoms with Gasteiger partial charge >= 0.3 is 0 Å². The maximum Gasteiger partial charge on any atom is -0.0243 e. The van der Waals surface area contributed by atoms with Gasteiger partial charge in [-0.2, -0.15) is 0 Å². The highest BCUT2D eigenvalue weighted by Crippen LogP contribution is 2.64. The maximum atomic E-state index is 4.27. The molecule has 0 nitrogen and oxygen atoms in total. The largest absolute Gasteiger partial charge is 0.0648 e. The lowest BCUT2D eigenvalue weighted by molar-refractivity contribution is -0.110. The van der Waals surface area contributed by atoms with Gasteiger partial charge in [-0.05, 0) is 74.0 Å². The van der Waals surface area contributed by atoms with Crippen LogP contribution in [0.1, 0.15) is 51.9 Å². The molecule has 14 heavy (non-hydrogen) atoms. The first-order valence-corrected chi connectivity index (χ1v) is 6.57. The Morgan fingerprint density at radius 2 is 1.50 bits per heavy atom. The highest BCUT2D eigenvalue weighted by Gasteiger charge is 2.54. The average molecular weight is 191 g/mol. The zero-order valence-electron chi connectivity index (χ0n) is 9.47. The predicted octanol–water partition coefficient (Wildman–Crippen LogP) is 4.06. The summed E-state index contributed by atoms with van der Waals surface area (Å²) in [5.41, 5.74) is 0.674. The van der Waals surface area contributed by atoms with Crippen LogP contribution in [0.3, 0.4) is 0 Å². The van der Waals surface area contributed by atoms with Crippen LogP contribution in [0.15, 0.2) is 0 Å². The molecule has 0 N–H and O–H groups in total. The van der Waals surface area contributed by atoms with E-state index in [-0.39, 0.29) is 0 Å². The van der Waals surface area contributed by atoms with Gasteiger partial charge in [0, 0.05) is 0 Å². The van der Waals surface area contributed by atoms with Crippen LogP contribution in [0.2, 0.25) is 0 Å². The summed E-state index contributed by atoms with van der Waals surface area (Å²) in [6, 6.07) is 0. The maximum absolute atomic E-state index is 4.27. The molecule has 0 aromatic rings. The average Bonchev–Trinajstić information content (AvgIpc) is 2.18. The van der Waals surface area contributed by atoms with Gasteiger partial charge in [0.15, 0.2) is 0 Å². The molecule has 0 aliphatic heterocycles. The van der Waals surface area contributed by atoms with Crippen LogP contribution in [-0.2, 0) is 0 Å². The predicted molar refractivity (Wildman–Crippen MR) is 59.7 cm³/mol. The lowest BCUT2D eigenvalue weighted by Gasteiger charge is -2.61. The van der Waals surface area contributed by atoms with Gasteiger partial charge in [-0.1, -0.05) is 13.8 Å². The first kappa shape index (κ1) is 9.24. The van der Waals surface area contributed by atoms with Gasteiger partial charge < -0.3 is 0 Å². The second-order valence-corrected chi connectivity index (χ2v) is 6.14. The van der Waals surface area contributed by atoms with Crippen molar-refractivity contribution in [1.29, 1.82) is 0 Å². The van der Waals surface area contributed by atoms with Crippen molar-refractivity contribution in [3.05, 3.63) is 6.92 Å². The second-order valence-electron chi connectivity index (χ2n) is 6.14. The zero-order valence-corrected chi connectivity index (χ0v) is 9.47. The Balaban J connectivity index is 1.93. The van der Waals surface area contributed by atoms with Crippen molar-refractivity contribution < 1.29 is 0 Å². The summed E-state index contributed by atoms with van der Waals surface area (Å²) in [6.07, 6.45) is 10.4. The molecule has 4 aliphatic rings. The molecule has 0 aromatic heterocycles. The molecule has 1 radical (unpaired) electrons. The van der Waals surface area contributed by atoms with E-state index in [1.165, 1.54) is 12.8 Å². The fourth-order valence-corrected chi connectivity index (χ4v) is 5.29. The Kier molecular flexibility index (Phi) is 1.98. The molecule has 4 fully saturated rings. The molecular weight excluding hydrogens is 168 g/mol. The minimum Gasteiger partial charge on any atom is -0.0648 e. The SMILES string of the molecule is [CH2]CC1(CC)C2CC3CC(C2)CC1C3. The van der Waals surface area contributed by atoms with Crippen LogP contribution in [0, 0.1) is 36.0 Å². The van der Waals surface area contributed by atoms with Crippen molar-refractivity contribution in [2.45, 2.75) is 51.9 Å². The lowest BCUT2D eigenvalue weighted by atomic mass is 9.44. The Hall–Kier alpha value is 0. The summed E-state index contributed by atoms with van der Waals surface area (Å²) in [5, 5.41) is 0. The van der Waals surface area contributed by atoms with Crippen LogP contribution in [0.4, 0.5) is 0 Å². The Bertz CT molecular complexity index is 194. The van der Waals surface area contributed by atoms with Crippen LogP contribution >= 0.6 is 0 Å². The van der Waals surface area contributed by atoms with Crippen LogP contribution in [-0.4, -0.2) is 0 Å². The van der Waals surface area contributed by atoms with Gasteiger partial charge in [-0.25, -0.2) is 0 Å². The summed E-state index contributed by atoms with van der Waals surface area (Å²) in [5.74, 6) is 4.34. The van der Waals surface area contributed by atoms with E-state index >= 15 is 0 Å². The van der Waals surface area contributed by atoms with E-state index in [1.54, 1.807) is 32.1 Å². The van der Waals surface area contributed by atoms with E-state index in [0.717, 1.165) is 23.7 Å². The number of rotatable bonds is 2. The van der Waals surface area contributed by atoms with E-state index in [9.17, 15) is 0 Å². The highest BCUT2D eigenvalue weighted by molar-refractivity contribution is 5.05. The molecule has 4 saturated carbocycles. The Labute approximate surface area is 88.5 Å². The van der Waals surface area contributed by atoms with E-state index in [0.29, 0.717) is 5.41 Å². The second kappa shape index (κ2) is 3.00. The standard InChI is InChI=1S/C14H23/c1-3-14(4-2)12-6-10-5-11(8-12)9-13(14)7-10/h10-13H,1,3-9H2,2H3. The van der Waals surface area contributed by atoms with Gasteiger partial charge in [0.1, 0.15) is 0 Å². The molecule has 0 aromatic carbocycles. The third-order valence-electron chi connectivity index (χ3n) is 5.89. The smallest absolute Gasteiger partial charge is 0.0243 e. The van der Waals surface area contributed by atoms with Crippen molar-refractivity contribution in [3.63, 3.8) is 0 Å². The monoisotopic (exact) mass is 191 g/mol. The topological polar surface area (TPSA) is 0 Å². The lowest BCUT2D eigenvalue weighted by Crippen LogP contribution is -2.52. The molecule has 0 unspecified atom stereocenters. The summed E-state index contributed by atoms with van der Waals surface area (Å²) in [4.78, 5) is 0. The number of hydrogen-bond donors (Lipinski definition) is 0.